The van der Waals surface area contributed by atoms with Gasteiger partial charge in [-0.2, -0.15) is 5.10 Å². The van der Waals surface area contributed by atoms with E-state index >= 15 is 0 Å². The van der Waals surface area contributed by atoms with Gasteiger partial charge >= 0.3 is 0 Å². The summed E-state index contributed by atoms with van der Waals surface area (Å²) in [5.74, 6) is -0.550. The van der Waals surface area contributed by atoms with Crippen LogP contribution in [0.1, 0.15) is 31.7 Å². The highest BCUT2D eigenvalue weighted by atomic mass is 79.9. The number of aliphatic hydroxyl groups excluding tert-OH is 1. The minimum Gasteiger partial charge on any atom is -0.489 e. The first-order valence-corrected chi connectivity index (χ1v) is 7.91. The van der Waals surface area contributed by atoms with E-state index < -0.39 is 5.82 Å². The van der Waals surface area contributed by atoms with E-state index in [9.17, 15) is 9.18 Å². The van der Waals surface area contributed by atoms with Crippen molar-refractivity contribution in [1.29, 1.82) is 0 Å². The topological polar surface area (TPSA) is 70.9 Å². The van der Waals surface area contributed by atoms with Crippen molar-refractivity contribution in [2.75, 3.05) is 13.2 Å². The second-order valence-corrected chi connectivity index (χ2v) is 6.04. The highest BCUT2D eigenvalue weighted by molar-refractivity contribution is 9.10. The fourth-order valence-corrected chi connectivity index (χ4v) is 2.79. The van der Waals surface area contributed by atoms with Crippen LogP contribution >= 0.6 is 15.9 Å². The molecule has 0 spiro atoms. The molecule has 0 aromatic heterocycles. The van der Waals surface area contributed by atoms with Crippen LogP contribution in [0.2, 0.25) is 0 Å². The van der Waals surface area contributed by atoms with Crippen molar-refractivity contribution in [2.45, 2.75) is 26.2 Å². The molecule has 0 radical (unpaired) electrons. The summed E-state index contributed by atoms with van der Waals surface area (Å²) in [4.78, 5) is 11.3. The number of carbonyl (C=O) groups is 1. The zero-order valence-corrected chi connectivity index (χ0v) is 13.8. The summed E-state index contributed by atoms with van der Waals surface area (Å²) < 4.78 is 20.1. The van der Waals surface area contributed by atoms with Crippen LogP contribution in [0.25, 0.3) is 0 Å². The molecule has 2 rings (SSSR count). The third kappa shape index (κ3) is 4.04. The van der Waals surface area contributed by atoms with Gasteiger partial charge in [-0.1, -0.05) is 6.92 Å². The number of unbranched alkanes of at least 4 members (excludes halogenated alkanes) is 1. The van der Waals surface area contributed by atoms with Crippen LogP contribution in [0.4, 0.5) is 4.39 Å². The van der Waals surface area contributed by atoms with Gasteiger partial charge in [-0.3, -0.25) is 4.79 Å². The van der Waals surface area contributed by atoms with Gasteiger partial charge in [0.2, 0.25) is 5.91 Å². The van der Waals surface area contributed by atoms with Crippen molar-refractivity contribution < 1.29 is 19.0 Å². The highest BCUT2D eigenvalue weighted by Gasteiger charge is 2.23. The molecular formula is C15H18BrFN2O3. The predicted octanol–water partition coefficient (Wildman–Crippen LogP) is 2.60. The Labute approximate surface area is 136 Å². The number of hydrogen-bond donors (Lipinski definition) is 2. The van der Waals surface area contributed by atoms with Gasteiger partial charge in [-0.05, 0) is 40.9 Å². The zero-order valence-electron chi connectivity index (χ0n) is 12.2. The number of amides is 1. The number of aliphatic hydroxyl groups is 1. The number of rotatable bonds is 6. The summed E-state index contributed by atoms with van der Waals surface area (Å²) in [6.45, 7) is 2.31. The molecule has 7 heteroatoms. The summed E-state index contributed by atoms with van der Waals surface area (Å²) in [7, 11) is 0. The van der Waals surface area contributed by atoms with Crippen molar-refractivity contribution in [3.63, 3.8) is 0 Å². The Kier molecular flexibility index (Phi) is 5.90. The Morgan fingerprint density at radius 3 is 2.91 bits per heavy atom. The van der Waals surface area contributed by atoms with Crippen LogP contribution in [-0.4, -0.2) is 29.9 Å². The number of ether oxygens (including phenoxy) is 1. The smallest absolute Gasteiger partial charge is 0.240 e. The van der Waals surface area contributed by atoms with E-state index in [0.29, 0.717) is 41.6 Å². The van der Waals surface area contributed by atoms with Gasteiger partial charge in [0.1, 0.15) is 0 Å². The van der Waals surface area contributed by atoms with E-state index in [1.165, 1.54) is 6.07 Å². The molecule has 1 aromatic carbocycles. The van der Waals surface area contributed by atoms with Gasteiger partial charge in [0.05, 0.1) is 16.8 Å². The van der Waals surface area contributed by atoms with Crippen LogP contribution in [0.5, 0.6) is 5.75 Å². The van der Waals surface area contributed by atoms with E-state index in [2.05, 4.69) is 26.5 Å². The molecule has 0 saturated carbocycles. The molecular weight excluding hydrogens is 355 g/mol. The Hall–Kier alpha value is -1.47. The quantitative estimate of drug-likeness (QED) is 0.753. The van der Waals surface area contributed by atoms with Crippen LogP contribution in [0.15, 0.2) is 21.7 Å². The van der Waals surface area contributed by atoms with Gasteiger partial charge in [-0.25, -0.2) is 9.82 Å². The Balaban J connectivity index is 2.17. The first-order chi connectivity index (χ1) is 10.5. The minimum atomic E-state index is -0.486. The molecule has 0 fully saturated rings. The lowest BCUT2D eigenvalue weighted by Gasteiger charge is -2.20. The molecule has 0 aliphatic carbocycles. The number of nitrogens with one attached hydrogen (secondary N) is 1. The maximum absolute atomic E-state index is 14.2. The van der Waals surface area contributed by atoms with Crippen LogP contribution < -0.4 is 10.2 Å². The maximum Gasteiger partial charge on any atom is 0.240 e. The number of carbonyl (C=O) groups excluding carboxylic acids is 1. The molecule has 1 heterocycles. The van der Waals surface area contributed by atoms with Crippen LogP contribution in [0, 0.1) is 11.7 Å². The summed E-state index contributed by atoms with van der Waals surface area (Å²) >= 11 is 3.31. The average Bonchev–Trinajstić information content (AvgIpc) is 2.45. The number of hydrogen-bond acceptors (Lipinski definition) is 4. The fraction of sp³-hybridized carbons (Fsp3) is 0.467. The molecule has 0 saturated heterocycles. The fourth-order valence-electron chi connectivity index (χ4n) is 2.24. The summed E-state index contributed by atoms with van der Waals surface area (Å²) in [5.41, 5.74) is 3.67. The van der Waals surface area contributed by atoms with Crippen molar-refractivity contribution >= 4 is 27.5 Å². The number of halogens is 2. The summed E-state index contributed by atoms with van der Waals surface area (Å²) in [6, 6.07) is 3.09. The lowest BCUT2D eigenvalue weighted by Crippen LogP contribution is -2.32. The normalized spacial score (nSPS) is 17.9. The molecule has 5 nitrogen and oxygen atoms in total. The second-order valence-electron chi connectivity index (χ2n) is 5.19. The molecule has 0 bridgehead atoms. The predicted molar refractivity (Wildman–Crippen MR) is 84.4 cm³/mol. The van der Waals surface area contributed by atoms with Crippen molar-refractivity contribution in [1.82, 2.24) is 5.43 Å². The van der Waals surface area contributed by atoms with E-state index in [0.717, 1.165) is 0 Å². The largest absolute Gasteiger partial charge is 0.489 e. The number of hydrazone groups is 1. The third-order valence-corrected chi connectivity index (χ3v) is 3.94. The second kappa shape index (κ2) is 7.69. The molecule has 1 unspecified atom stereocenters. The number of nitrogens with zero attached hydrogens (tertiary/aromatic N) is 1. The van der Waals surface area contributed by atoms with E-state index in [1.54, 1.807) is 6.07 Å². The third-order valence-electron chi connectivity index (χ3n) is 3.35. The zero-order chi connectivity index (χ0) is 16.1. The minimum absolute atomic E-state index is 0.0728. The standard InChI is InChI=1S/C15H18BrFN2O3/c1-9-6-13(21)18-19-14(9)10-7-11(16)15(12(17)8-10)22-5-3-2-4-20/h7-9,20H,2-6H2,1H3,(H,18,21). The van der Waals surface area contributed by atoms with Crippen LogP contribution in [0.3, 0.4) is 0 Å². The SMILES string of the molecule is CC1CC(=O)NN=C1c1cc(F)c(OCCCCO)c(Br)c1. The molecule has 1 atom stereocenters. The van der Waals surface area contributed by atoms with E-state index in [-0.39, 0.29) is 24.2 Å². The molecule has 1 amide bonds. The highest BCUT2D eigenvalue weighted by Crippen LogP contribution is 2.31. The summed E-state index contributed by atoms with van der Waals surface area (Å²) in [6.07, 6.45) is 1.60. The van der Waals surface area contributed by atoms with E-state index in [1.807, 2.05) is 6.92 Å². The summed E-state index contributed by atoms with van der Waals surface area (Å²) in [5, 5.41) is 12.7. The van der Waals surface area contributed by atoms with Gasteiger partial charge in [0, 0.05) is 24.5 Å². The Bertz CT molecular complexity index is 569. The van der Waals surface area contributed by atoms with Crippen LogP contribution in [-0.2, 0) is 4.79 Å². The van der Waals surface area contributed by atoms with Gasteiger partial charge < -0.3 is 9.84 Å². The van der Waals surface area contributed by atoms with E-state index in [4.69, 9.17) is 9.84 Å². The average molecular weight is 373 g/mol. The monoisotopic (exact) mass is 372 g/mol. The Morgan fingerprint density at radius 2 is 2.27 bits per heavy atom. The first kappa shape index (κ1) is 16.9. The Morgan fingerprint density at radius 1 is 1.50 bits per heavy atom. The first-order valence-electron chi connectivity index (χ1n) is 7.12. The molecule has 22 heavy (non-hydrogen) atoms. The van der Waals surface area contributed by atoms with Gasteiger partial charge in [0.15, 0.2) is 11.6 Å². The maximum atomic E-state index is 14.2. The van der Waals surface area contributed by atoms with Crippen molar-refractivity contribution in [3.05, 3.63) is 28.0 Å². The lowest BCUT2D eigenvalue weighted by atomic mass is 9.94. The molecule has 120 valence electrons. The molecule has 2 N–H and O–H groups in total. The van der Waals surface area contributed by atoms with Crippen molar-refractivity contribution in [3.8, 4) is 5.75 Å². The lowest BCUT2D eigenvalue weighted by molar-refractivity contribution is -0.121. The molecule has 1 aromatic rings. The number of benzene rings is 1. The van der Waals surface area contributed by atoms with Gasteiger partial charge in [-0.15, -0.1) is 0 Å². The molecule has 1 aliphatic rings. The van der Waals surface area contributed by atoms with Crippen molar-refractivity contribution in [2.24, 2.45) is 11.0 Å². The van der Waals surface area contributed by atoms with Gasteiger partial charge in [0.25, 0.3) is 0 Å². The molecule has 1 aliphatic heterocycles.